The molecule has 0 saturated carbocycles. The second-order valence-electron chi connectivity index (χ2n) is 8.71. The van der Waals surface area contributed by atoms with Crippen LogP contribution in [0.15, 0.2) is 59.5 Å². The Morgan fingerprint density at radius 3 is 2.77 bits per heavy atom. The fraction of sp³-hybridized carbons (Fsp3) is 0.536. The molecule has 4 rings (SSSR count). The van der Waals surface area contributed by atoms with Crippen molar-refractivity contribution in [3.05, 3.63) is 60.2 Å². The molecule has 0 radical (unpaired) electrons. The Labute approximate surface area is 251 Å². The van der Waals surface area contributed by atoms with Crippen molar-refractivity contribution < 1.29 is 57.8 Å². The Morgan fingerprint density at radius 1 is 1.28 bits per heavy atom. The molecule has 5 atom stereocenters. The molecule has 2 aliphatic heterocycles. The Hall–Kier alpha value is -2.70. The van der Waals surface area contributed by atoms with Gasteiger partial charge < -0.3 is 29.4 Å². The van der Waals surface area contributed by atoms with E-state index in [1.165, 1.54) is 12.1 Å². The lowest BCUT2D eigenvalue weighted by Crippen LogP contribution is -2.51. The third-order valence-electron chi connectivity index (χ3n) is 6.04. The van der Waals surface area contributed by atoms with Crippen LogP contribution in [0.2, 0.25) is 0 Å². The maximum atomic E-state index is 14.2. The molecule has 11 heteroatoms. The molecular formula is C28H38N2O8S. The molecule has 39 heavy (non-hydrogen) atoms. The first kappa shape index (κ1) is 15.3. The van der Waals surface area contributed by atoms with Gasteiger partial charge in [0.25, 0.3) is 0 Å². The van der Waals surface area contributed by atoms with Gasteiger partial charge in [-0.05, 0) is 48.6 Å². The maximum Gasteiger partial charge on any atom is 0.407 e. The van der Waals surface area contributed by atoms with Gasteiger partial charge >= 0.3 is 6.09 Å². The molecule has 1 amide bonds. The number of sulfonamides is 1. The quantitative estimate of drug-likeness (QED) is 0.395. The standard InChI is InChI=1S/C28H38N2O8S/c1-19(2)16-30(39(33,34)22-11-9-21(35-3)10-12-22)17-25(31)24(15-20-7-5-4-6-8-20)29-28(32)38-26-18-37-27-23(26)13-14-36-27/h4-12,19,23-27,31H,13-18H2,1-3H3,(H,29,32)/t23-,24-,25+,26-,27+/m0/s1/i1D3,2D3,3D3,16D2,18D2,19D,26D. The Bertz CT molecular complexity index is 1730. The van der Waals surface area contributed by atoms with Crippen LogP contribution < -0.4 is 10.1 Å². The van der Waals surface area contributed by atoms with E-state index in [2.05, 4.69) is 5.32 Å². The predicted molar refractivity (Wildman–Crippen MR) is 144 cm³/mol. The number of ether oxygens (including phenoxy) is 4. The van der Waals surface area contributed by atoms with Crippen LogP contribution >= 0.6 is 0 Å². The van der Waals surface area contributed by atoms with E-state index in [4.69, 9.17) is 39.5 Å². The number of fused-ring (bicyclic) bond motifs is 1. The van der Waals surface area contributed by atoms with Crippen molar-refractivity contribution >= 4 is 16.1 Å². The Balaban J connectivity index is 1.78. The number of methoxy groups -OCH3 is 1. The number of amides is 1. The predicted octanol–water partition coefficient (Wildman–Crippen LogP) is 2.80. The summed E-state index contributed by atoms with van der Waals surface area (Å²) < 4.78 is 169. The van der Waals surface area contributed by atoms with Gasteiger partial charge in [-0.25, -0.2) is 13.2 Å². The van der Waals surface area contributed by atoms with Crippen molar-refractivity contribution in [3.63, 3.8) is 0 Å². The largest absolute Gasteiger partial charge is 0.497 e. The molecule has 10 nitrogen and oxygen atoms in total. The summed E-state index contributed by atoms with van der Waals surface area (Å²) in [5.41, 5.74) is 0.383. The van der Waals surface area contributed by atoms with Crippen molar-refractivity contribution in [1.29, 1.82) is 0 Å². The van der Waals surface area contributed by atoms with E-state index >= 15 is 0 Å². The summed E-state index contributed by atoms with van der Waals surface area (Å²) in [5.74, 6) is -5.66. The third-order valence-corrected chi connectivity index (χ3v) is 7.73. The molecule has 214 valence electrons. The fourth-order valence-corrected chi connectivity index (χ4v) is 5.38. The summed E-state index contributed by atoms with van der Waals surface area (Å²) in [5, 5.41) is 13.9. The third kappa shape index (κ3) is 7.49. The molecule has 2 saturated heterocycles. The lowest BCUT2D eigenvalue weighted by Gasteiger charge is -2.31. The number of nitrogens with zero attached hydrogens (tertiary/aromatic N) is 1. The molecule has 0 spiro atoms. The van der Waals surface area contributed by atoms with Crippen molar-refractivity contribution in [3.8, 4) is 5.75 Å². The zero-order valence-electron chi connectivity index (χ0n) is 35.5. The molecule has 2 heterocycles. The lowest BCUT2D eigenvalue weighted by molar-refractivity contribution is -0.0907. The van der Waals surface area contributed by atoms with Crippen LogP contribution in [0.5, 0.6) is 5.75 Å². The average Bonchev–Trinajstić information content (AvgIpc) is 3.55. The van der Waals surface area contributed by atoms with E-state index < -0.39 is 97.7 Å². The van der Waals surface area contributed by atoms with Crippen LogP contribution in [-0.2, 0) is 30.7 Å². The smallest absolute Gasteiger partial charge is 0.407 e. The maximum absolute atomic E-state index is 14.2. The normalized spacial score (nSPS) is 32.9. The first-order valence-electron chi connectivity index (χ1n) is 19.3. The highest BCUT2D eigenvalue weighted by atomic mass is 32.2. The molecule has 2 aliphatic rings. The summed E-state index contributed by atoms with van der Waals surface area (Å²) in [7, 11) is -8.44. The zero-order valence-corrected chi connectivity index (χ0v) is 21.3. The van der Waals surface area contributed by atoms with Crippen molar-refractivity contribution in [2.75, 3.05) is 33.2 Å². The van der Waals surface area contributed by atoms with Gasteiger partial charge in [0.2, 0.25) is 10.0 Å². The van der Waals surface area contributed by atoms with Crippen LogP contribution in [0.3, 0.4) is 0 Å². The number of carbonyl (C=O) groups excluding carboxylic acids is 1. The number of aliphatic hydroxyl groups is 1. The molecule has 0 aliphatic carbocycles. The molecule has 2 aromatic carbocycles. The van der Waals surface area contributed by atoms with E-state index in [0.29, 0.717) is 5.56 Å². The average molecular weight is 578 g/mol. The monoisotopic (exact) mass is 577 g/mol. The van der Waals surface area contributed by atoms with E-state index in [0.717, 1.165) is 24.3 Å². The van der Waals surface area contributed by atoms with Crippen LogP contribution in [0, 0.1) is 11.8 Å². The van der Waals surface area contributed by atoms with E-state index in [-0.39, 0.29) is 29.5 Å². The molecule has 2 aromatic rings. The van der Waals surface area contributed by atoms with Crippen molar-refractivity contribution in [1.82, 2.24) is 9.62 Å². The second kappa shape index (κ2) is 13.1. The van der Waals surface area contributed by atoms with Gasteiger partial charge in [0, 0.05) is 25.4 Å². The number of aliphatic hydroxyl groups excluding tert-OH is 1. The second-order valence-corrected chi connectivity index (χ2v) is 10.6. The zero-order chi connectivity index (χ0) is 40.9. The van der Waals surface area contributed by atoms with Gasteiger partial charge in [-0.1, -0.05) is 44.0 Å². The highest BCUT2D eigenvalue weighted by Gasteiger charge is 2.44. The van der Waals surface area contributed by atoms with Gasteiger partial charge in [0.05, 0.1) is 51.4 Å². The van der Waals surface area contributed by atoms with Gasteiger partial charge in [0.1, 0.15) is 11.8 Å². The Kier molecular flexibility index (Phi) is 5.15. The van der Waals surface area contributed by atoms with Crippen LogP contribution in [0.4, 0.5) is 4.79 Å². The van der Waals surface area contributed by atoms with E-state index in [1.54, 1.807) is 18.2 Å². The topological polar surface area (TPSA) is 124 Å². The van der Waals surface area contributed by atoms with Crippen LogP contribution in [0.1, 0.15) is 46.2 Å². The number of rotatable bonds is 12. The molecule has 0 bridgehead atoms. The van der Waals surface area contributed by atoms with Crippen LogP contribution in [-0.4, -0.2) is 81.7 Å². The first-order chi connectivity index (χ1) is 24.5. The number of alkyl carbamates (subject to hydrolysis) is 1. The van der Waals surface area contributed by atoms with Crippen molar-refractivity contribution in [2.45, 2.75) is 56.0 Å². The lowest BCUT2D eigenvalue weighted by atomic mass is 10.0. The number of hydrogen-bond acceptors (Lipinski definition) is 8. The highest BCUT2D eigenvalue weighted by Crippen LogP contribution is 2.33. The van der Waals surface area contributed by atoms with Crippen LogP contribution in [0.25, 0.3) is 0 Å². The minimum Gasteiger partial charge on any atom is -0.497 e. The molecule has 0 aromatic heterocycles. The molecule has 2 N–H and O–H groups in total. The van der Waals surface area contributed by atoms with Crippen molar-refractivity contribution in [2.24, 2.45) is 11.8 Å². The number of nitrogens with one attached hydrogen (secondary N) is 1. The number of hydrogen-bond donors (Lipinski definition) is 2. The highest BCUT2D eigenvalue weighted by molar-refractivity contribution is 7.89. The summed E-state index contributed by atoms with van der Waals surface area (Å²) in [6.07, 6.45) is -7.96. The minimum absolute atomic E-state index is 0.0673. The Morgan fingerprint density at radius 2 is 2.05 bits per heavy atom. The van der Waals surface area contributed by atoms with Gasteiger partial charge in [-0.3, -0.25) is 0 Å². The first-order valence-corrected chi connectivity index (χ1v) is 13.2. The SMILES string of the molecule is [2H]C([2H])([2H])Oc1ccc(S(=O)(=O)N(C[C@@H](O)[C@H](Cc2ccccc2)NC(=O)O[C@]2([2H])[C@@H]3CCO[C@@H]3OC2([2H])[2H])C([2H])([2H])C([2H])(C([2H])([2H])[2H])C([2H])([2H])[2H])cc1. The van der Waals surface area contributed by atoms with E-state index in [1.807, 2.05) is 0 Å². The summed E-state index contributed by atoms with van der Waals surface area (Å²) in [6.45, 7) is -16.6. The van der Waals surface area contributed by atoms with E-state index in [9.17, 15) is 18.3 Å². The molecule has 2 fully saturated rings. The summed E-state index contributed by atoms with van der Waals surface area (Å²) in [4.78, 5) is 12.5. The van der Waals surface area contributed by atoms with Gasteiger partial charge in [-0.15, -0.1) is 0 Å². The fourth-order valence-electron chi connectivity index (χ4n) is 4.09. The molecular weight excluding hydrogens is 524 g/mol. The summed E-state index contributed by atoms with van der Waals surface area (Å²) >= 11 is 0. The summed E-state index contributed by atoms with van der Waals surface area (Å²) in [6, 6.07) is 9.32. The van der Waals surface area contributed by atoms with Gasteiger partial charge in [0.15, 0.2) is 6.29 Å². The molecule has 0 unspecified atom stereocenters. The number of carbonyl (C=O) groups is 1. The minimum atomic E-state index is -5.48. The van der Waals surface area contributed by atoms with Gasteiger partial charge in [-0.2, -0.15) is 4.31 Å². The number of benzene rings is 2.